The number of hydrogen-bond donors (Lipinski definition) is 0. The van der Waals surface area contributed by atoms with Crippen molar-refractivity contribution in [2.45, 2.75) is 20.4 Å². The molecule has 0 aliphatic rings. The van der Waals surface area contributed by atoms with Gasteiger partial charge >= 0.3 is 5.97 Å². The molecule has 8 heteroatoms. The van der Waals surface area contributed by atoms with Crippen molar-refractivity contribution in [3.05, 3.63) is 63.6 Å². The summed E-state index contributed by atoms with van der Waals surface area (Å²) in [5.74, 6) is -0.124. The molecule has 0 aliphatic heterocycles. The van der Waals surface area contributed by atoms with E-state index in [9.17, 15) is 14.4 Å². The van der Waals surface area contributed by atoms with Gasteiger partial charge in [0.05, 0.1) is 30.8 Å². The van der Waals surface area contributed by atoms with Gasteiger partial charge in [-0.25, -0.2) is 9.78 Å². The van der Waals surface area contributed by atoms with Gasteiger partial charge in [0.2, 0.25) is 0 Å². The van der Waals surface area contributed by atoms with Crippen LogP contribution in [0.3, 0.4) is 0 Å². The Morgan fingerprint density at radius 3 is 2.37 bits per heavy atom. The van der Waals surface area contributed by atoms with Crippen molar-refractivity contribution in [2.24, 2.45) is 0 Å². The molecular weight excluding hydrogens is 388 g/mol. The number of benzene rings is 2. The number of fused-ring (bicyclic) bond motifs is 1. The SMILES string of the molecule is CCn1c(=O)c(C)nc2cc(C(=O)OCC(=O)c3ccc(OC)c(OC)c3)ccc21. The van der Waals surface area contributed by atoms with E-state index < -0.39 is 12.6 Å². The zero-order valence-corrected chi connectivity index (χ0v) is 17.2. The lowest BCUT2D eigenvalue weighted by Gasteiger charge is -2.11. The second-order valence-corrected chi connectivity index (χ2v) is 6.52. The largest absolute Gasteiger partial charge is 0.493 e. The molecule has 0 fully saturated rings. The third kappa shape index (κ3) is 4.03. The average Bonchev–Trinajstić information content (AvgIpc) is 2.77. The van der Waals surface area contributed by atoms with E-state index in [-0.39, 0.29) is 16.9 Å². The number of aryl methyl sites for hydroxylation is 2. The molecule has 0 saturated heterocycles. The maximum absolute atomic E-state index is 12.4. The van der Waals surface area contributed by atoms with Crippen LogP contribution in [-0.2, 0) is 11.3 Å². The van der Waals surface area contributed by atoms with E-state index >= 15 is 0 Å². The lowest BCUT2D eigenvalue weighted by atomic mass is 10.1. The summed E-state index contributed by atoms with van der Waals surface area (Å²) >= 11 is 0. The molecule has 0 N–H and O–H groups in total. The number of hydrogen-bond acceptors (Lipinski definition) is 7. The van der Waals surface area contributed by atoms with Crippen LogP contribution in [0.4, 0.5) is 0 Å². The van der Waals surface area contributed by atoms with Crippen LogP contribution in [0.5, 0.6) is 11.5 Å². The first-order valence-electron chi connectivity index (χ1n) is 9.33. The summed E-state index contributed by atoms with van der Waals surface area (Å²) in [6.07, 6.45) is 0. The molecule has 0 amide bonds. The Hall–Kier alpha value is -3.68. The van der Waals surface area contributed by atoms with Gasteiger partial charge in [-0.05, 0) is 50.2 Å². The van der Waals surface area contributed by atoms with E-state index in [0.717, 1.165) is 0 Å². The fourth-order valence-electron chi connectivity index (χ4n) is 3.12. The fourth-order valence-corrected chi connectivity index (χ4v) is 3.12. The number of aromatic nitrogens is 2. The number of esters is 1. The number of carbonyl (C=O) groups excluding carboxylic acids is 2. The number of ether oxygens (including phenoxy) is 3. The molecule has 2 aromatic carbocycles. The van der Waals surface area contributed by atoms with Crippen LogP contribution in [0, 0.1) is 6.92 Å². The van der Waals surface area contributed by atoms with Crippen LogP contribution in [0.15, 0.2) is 41.2 Å². The highest BCUT2D eigenvalue weighted by atomic mass is 16.5. The Morgan fingerprint density at radius 1 is 1.00 bits per heavy atom. The van der Waals surface area contributed by atoms with Crippen LogP contribution in [0.2, 0.25) is 0 Å². The van der Waals surface area contributed by atoms with Gasteiger partial charge < -0.3 is 18.8 Å². The molecule has 30 heavy (non-hydrogen) atoms. The van der Waals surface area contributed by atoms with Crippen molar-refractivity contribution in [3.63, 3.8) is 0 Å². The van der Waals surface area contributed by atoms with Gasteiger partial charge in [-0.15, -0.1) is 0 Å². The molecule has 0 bridgehead atoms. The van der Waals surface area contributed by atoms with E-state index in [2.05, 4.69) is 4.98 Å². The molecule has 156 valence electrons. The van der Waals surface area contributed by atoms with E-state index in [0.29, 0.717) is 40.3 Å². The Bertz CT molecular complexity index is 1180. The molecule has 0 aliphatic carbocycles. The van der Waals surface area contributed by atoms with Gasteiger partial charge in [-0.3, -0.25) is 9.59 Å². The summed E-state index contributed by atoms with van der Waals surface area (Å²) in [7, 11) is 2.97. The predicted molar refractivity (Wildman–Crippen MR) is 111 cm³/mol. The van der Waals surface area contributed by atoms with Gasteiger partial charge in [-0.1, -0.05) is 0 Å². The first-order valence-corrected chi connectivity index (χ1v) is 9.33. The Balaban J connectivity index is 1.78. The Labute approximate surface area is 173 Å². The minimum Gasteiger partial charge on any atom is -0.493 e. The number of methoxy groups -OCH3 is 2. The van der Waals surface area contributed by atoms with Crippen molar-refractivity contribution in [2.75, 3.05) is 20.8 Å². The number of carbonyl (C=O) groups is 2. The van der Waals surface area contributed by atoms with Crippen molar-refractivity contribution < 1.29 is 23.8 Å². The van der Waals surface area contributed by atoms with Crippen LogP contribution < -0.4 is 15.0 Å². The lowest BCUT2D eigenvalue weighted by molar-refractivity contribution is 0.0475. The van der Waals surface area contributed by atoms with Crippen LogP contribution in [0.1, 0.15) is 33.3 Å². The summed E-state index contributed by atoms with van der Waals surface area (Å²) in [6, 6.07) is 9.47. The molecule has 0 unspecified atom stereocenters. The lowest BCUT2D eigenvalue weighted by Crippen LogP contribution is -2.23. The molecule has 0 saturated carbocycles. The highest BCUT2D eigenvalue weighted by molar-refractivity contribution is 6.00. The van der Waals surface area contributed by atoms with Gasteiger partial charge in [0.25, 0.3) is 5.56 Å². The summed E-state index contributed by atoms with van der Waals surface area (Å²) in [4.78, 5) is 41.3. The summed E-state index contributed by atoms with van der Waals surface area (Å²) in [6.45, 7) is 3.55. The molecule has 1 aromatic heterocycles. The zero-order chi connectivity index (χ0) is 21.8. The van der Waals surface area contributed by atoms with Crippen molar-refractivity contribution >= 4 is 22.8 Å². The maximum Gasteiger partial charge on any atom is 0.338 e. The molecule has 1 heterocycles. The topological polar surface area (TPSA) is 96.7 Å². The van der Waals surface area contributed by atoms with Crippen molar-refractivity contribution in [1.82, 2.24) is 9.55 Å². The zero-order valence-electron chi connectivity index (χ0n) is 17.2. The second kappa shape index (κ2) is 8.77. The van der Waals surface area contributed by atoms with E-state index in [1.165, 1.54) is 20.3 Å². The maximum atomic E-state index is 12.4. The highest BCUT2D eigenvalue weighted by Gasteiger charge is 2.16. The van der Waals surface area contributed by atoms with E-state index in [1.807, 2.05) is 6.92 Å². The minimum atomic E-state index is -0.653. The van der Waals surface area contributed by atoms with Crippen LogP contribution in [0.25, 0.3) is 11.0 Å². The molecule has 3 aromatic rings. The first-order chi connectivity index (χ1) is 14.4. The van der Waals surface area contributed by atoms with Crippen molar-refractivity contribution in [1.29, 1.82) is 0 Å². The predicted octanol–water partition coefficient (Wildman–Crippen LogP) is 2.78. The summed E-state index contributed by atoms with van der Waals surface area (Å²) in [5, 5.41) is 0. The monoisotopic (exact) mass is 410 g/mol. The average molecular weight is 410 g/mol. The van der Waals surface area contributed by atoms with Crippen LogP contribution >= 0.6 is 0 Å². The van der Waals surface area contributed by atoms with Gasteiger partial charge in [0, 0.05) is 12.1 Å². The fraction of sp³-hybridized carbons (Fsp3) is 0.273. The standard InChI is InChI=1S/C22H22N2O6/c1-5-24-17-8-6-15(10-16(17)23-13(2)21(24)26)22(27)30-12-18(25)14-7-9-19(28-3)20(11-14)29-4/h6-11H,5,12H2,1-4H3. The third-order valence-electron chi connectivity index (χ3n) is 4.70. The van der Waals surface area contributed by atoms with Crippen molar-refractivity contribution in [3.8, 4) is 11.5 Å². The second-order valence-electron chi connectivity index (χ2n) is 6.52. The highest BCUT2D eigenvalue weighted by Crippen LogP contribution is 2.27. The molecule has 0 atom stereocenters. The normalized spacial score (nSPS) is 10.7. The molecule has 0 spiro atoms. The smallest absolute Gasteiger partial charge is 0.338 e. The van der Waals surface area contributed by atoms with Crippen LogP contribution in [-0.4, -0.2) is 42.1 Å². The Kier molecular flexibility index (Phi) is 6.15. The van der Waals surface area contributed by atoms with Gasteiger partial charge in [-0.2, -0.15) is 0 Å². The number of ketones is 1. The Morgan fingerprint density at radius 2 is 1.70 bits per heavy atom. The van der Waals surface area contributed by atoms with E-state index in [1.54, 1.807) is 41.8 Å². The van der Waals surface area contributed by atoms with E-state index in [4.69, 9.17) is 14.2 Å². The molecular formula is C22H22N2O6. The molecule has 8 nitrogen and oxygen atoms in total. The molecule has 3 rings (SSSR count). The number of rotatable bonds is 7. The summed E-state index contributed by atoms with van der Waals surface area (Å²) in [5.41, 5.74) is 1.90. The van der Waals surface area contributed by atoms with Gasteiger partial charge in [0.15, 0.2) is 23.9 Å². The number of nitrogens with zero attached hydrogens (tertiary/aromatic N) is 2. The number of Topliss-reactive ketones (excluding diaryl/α,β-unsaturated/α-hetero) is 1. The molecule has 0 radical (unpaired) electrons. The quantitative estimate of drug-likeness (QED) is 0.436. The summed E-state index contributed by atoms with van der Waals surface area (Å²) < 4.78 is 17.1. The minimum absolute atomic E-state index is 0.166. The van der Waals surface area contributed by atoms with Gasteiger partial charge in [0.1, 0.15) is 5.69 Å². The first kappa shape index (κ1) is 21.0. The third-order valence-corrected chi connectivity index (χ3v) is 4.70.